The van der Waals surface area contributed by atoms with Crippen molar-refractivity contribution in [2.24, 2.45) is 5.73 Å². The van der Waals surface area contributed by atoms with Crippen molar-refractivity contribution in [1.82, 2.24) is 24.6 Å². The number of likely N-dealkylation sites (tertiary alicyclic amines) is 1. The lowest BCUT2D eigenvalue weighted by atomic mass is 9.95. The Hall–Kier alpha value is -1.76. The molecule has 1 aromatic heterocycles. The van der Waals surface area contributed by atoms with E-state index in [4.69, 9.17) is 5.73 Å². The average molecular weight is 371 g/mol. The third-order valence-corrected chi connectivity index (χ3v) is 5.41. The Morgan fingerprint density at radius 1 is 1.15 bits per heavy atom. The van der Waals surface area contributed by atoms with Crippen LogP contribution in [0.3, 0.4) is 0 Å². The highest BCUT2D eigenvalue weighted by atomic mass is 15.3. The summed E-state index contributed by atoms with van der Waals surface area (Å²) in [6.45, 7) is 7.95. The van der Waals surface area contributed by atoms with Crippen LogP contribution in [0.25, 0.3) is 0 Å². The molecule has 0 saturated carbocycles. The monoisotopic (exact) mass is 370 g/mol. The molecule has 3 rings (SSSR count). The lowest BCUT2D eigenvalue weighted by molar-refractivity contribution is 0.200. The van der Waals surface area contributed by atoms with Gasteiger partial charge in [0.25, 0.3) is 0 Å². The van der Waals surface area contributed by atoms with E-state index in [0.717, 1.165) is 57.8 Å². The second-order valence-electron chi connectivity index (χ2n) is 7.87. The molecule has 0 radical (unpaired) electrons. The summed E-state index contributed by atoms with van der Waals surface area (Å²) in [7, 11) is 4.16. The maximum Gasteiger partial charge on any atom is 0.147 e. The van der Waals surface area contributed by atoms with Crippen molar-refractivity contribution in [3.8, 4) is 0 Å². The molecule has 6 heteroatoms. The van der Waals surface area contributed by atoms with Gasteiger partial charge in [-0.2, -0.15) is 0 Å². The van der Waals surface area contributed by atoms with Crippen LogP contribution in [0.2, 0.25) is 0 Å². The van der Waals surface area contributed by atoms with Crippen LogP contribution < -0.4 is 5.73 Å². The fourth-order valence-electron chi connectivity index (χ4n) is 4.05. The number of aromatic nitrogens is 3. The average Bonchev–Trinajstić information content (AvgIpc) is 3.05. The molecule has 6 nitrogen and oxygen atoms in total. The summed E-state index contributed by atoms with van der Waals surface area (Å²) in [4.78, 5) is 4.72. The zero-order valence-electron chi connectivity index (χ0n) is 17.1. The van der Waals surface area contributed by atoms with Gasteiger partial charge in [0.1, 0.15) is 11.6 Å². The maximum absolute atomic E-state index is 5.69. The van der Waals surface area contributed by atoms with Gasteiger partial charge in [-0.3, -0.25) is 4.90 Å². The summed E-state index contributed by atoms with van der Waals surface area (Å²) in [5, 5.41) is 9.02. The SMILES string of the molecule is CCn1c(CN(C)C)nnc1C1CCN(Cc2cccc(CCN)c2)CC1. The topological polar surface area (TPSA) is 63.2 Å². The molecule has 1 aliphatic heterocycles. The highest BCUT2D eigenvalue weighted by Gasteiger charge is 2.25. The minimum atomic E-state index is 0.521. The minimum Gasteiger partial charge on any atom is -0.330 e. The maximum atomic E-state index is 5.69. The number of hydrogen-bond donors (Lipinski definition) is 1. The van der Waals surface area contributed by atoms with E-state index in [-0.39, 0.29) is 0 Å². The van der Waals surface area contributed by atoms with Crippen molar-refractivity contribution in [2.75, 3.05) is 33.7 Å². The van der Waals surface area contributed by atoms with Gasteiger partial charge in [0.15, 0.2) is 0 Å². The molecule has 2 heterocycles. The Morgan fingerprint density at radius 2 is 1.89 bits per heavy atom. The number of rotatable bonds is 8. The van der Waals surface area contributed by atoms with Gasteiger partial charge >= 0.3 is 0 Å². The van der Waals surface area contributed by atoms with Crippen LogP contribution in [0.5, 0.6) is 0 Å². The van der Waals surface area contributed by atoms with E-state index in [2.05, 4.69) is 69.8 Å². The van der Waals surface area contributed by atoms with E-state index in [1.807, 2.05) is 0 Å². The molecule has 2 aromatic rings. The van der Waals surface area contributed by atoms with Gasteiger partial charge < -0.3 is 15.2 Å². The van der Waals surface area contributed by atoms with E-state index in [0.29, 0.717) is 12.5 Å². The van der Waals surface area contributed by atoms with Gasteiger partial charge in [-0.15, -0.1) is 10.2 Å². The van der Waals surface area contributed by atoms with E-state index >= 15 is 0 Å². The molecule has 0 bridgehead atoms. The van der Waals surface area contributed by atoms with Crippen LogP contribution in [-0.2, 0) is 26.1 Å². The lowest BCUT2D eigenvalue weighted by Crippen LogP contribution is -2.33. The Kier molecular flexibility index (Phi) is 6.99. The molecule has 0 unspecified atom stereocenters. The van der Waals surface area contributed by atoms with Crippen molar-refractivity contribution in [1.29, 1.82) is 0 Å². The molecule has 0 atom stereocenters. The summed E-state index contributed by atoms with van der Waals surface area (Å²) in [5.41, 5.74) is 8.43. The molecule has 0 aliphatic carbocycles. The summed E-state index contributed by atoms with van der Waals surface area (Å²) in [5.74, 6) is 2.78. The highest BCUT2D eigenvalue weighted by molar-refractivity contribution is 5.23. The minimum absolute atomic E-state index is 0.521. The van der Waals surface area contributed by atoms with Gasteiger partial charge in [-0.25, -0.2) is 0 Å². The molecular weight excluding hydrogens is 336 g/mol. The molecular formula is C21H34N6. The van der Waals surface area contributed by atoms with Crippen LogP contribution in [0.15, 0.2) is 24.3 Å². The second kappa shape index (κ2) is 9.44. The number of benzene rings is 1. The molecule has 1 saturated heterocycles. The van der Waals surface area contributed by atoms with Gasteiger partial charge in [-0.05, 0) is 71.0 Å². The van der Waals surface area contributed by atoms with Crippen LogP contribution in [0.1, 0.15) is 48.5 Å². The summed E-state index contributed by atoms with van der Waals surface area (Å²) < 4.78 is 2.32. The molecule has 1 aliphatic rings. The molecule has 1 aromatic carbocycles. The zero-order valence-corrected chi connectivity index (χ0v) is 17.1. The fourth-order valence-corrected chi connectivity index (χ4v) is 4.05. The molecule has 0 spiro atoms. The first-order valence-corrected chi connectivity index (χ1v) is 10.2. The van der Waals surface area contributed by atoms with Gasteiger partial charge in [0.2, 0.25) is 0 Å². The van der Waals surface area contributed by atoms with Crippen molar-refractivity contribution < 1.29 is 0 Å². The number of nitrogens with zero attached hydrogens (tertiary/aromatic N) is 5. The van der Waals surface area contributed by atoms with Gasteiger partial charge in [0, 0.05) is 19.0 Å². The first-order chi connectivity index (χ1) is 13.1. The Labute approximate surface area is 163 Å². The van der Waals surface area contributed by atoms with Crippen LogP contribution in [-0.4, -0.2) is 58.3 Å². The quantitative estimate of drug-likeness (QED) is 0.772. The van der Waals surface area contributed by atoms with Crippen LogP contribution >= 0.6 is 0 Å². The molecule has 1 fully saturated rings. The van der Waals surface area contributed by atoms with Crippen LogP contribution in [0.4, 0.5) is 0 Å². The Morgan fingerprint density at radius 3 is 2.56 bits per heavy atom. The van der Waals surface area contributed by atoms with Crippen molar-refractivity contribution >= 4 is 0 Å². The zero-order chi connectivity index (χ0) is 19.2. The fraction of sp³-hybridized carbons (Fsp3) is 0.619. The lowest BCUT2D eigenvalue weighted by Gasteiger charge is -2.31. The third-order valence-electron chi connectivity index (χ3n) is 5.41. The molecule has 148 valence electrons. The Balaban J connectivity index is 1.59. The summed E-state index contributed by atoms with van der Waals surface area (Å²) in [6, 6.07) is 8.86. The standard InChI is InChI=1S/C21H34N6/c1-4-27-20(16-25(2)3)23-24-21(27)19-9-12-26(13-10-19)15-18-7-5-6-17(14-18)8-11-22/h5-7,14,19H,4,8-13,15-16,22H2,1-3H3. The predicted molar refractivity (Wildman–Crippen MR) is 110 cm³/mol. The highest BCUT2D eigenvalue weighted by Crippen LogP contribution is 2.28. The van der Waals surface area contributed by atoms with E-state index in [9.17, 15) is 0 Å². The van der Waals surface area contributed by atoms with Crippen molar-refractivity contribution in [3.05, 3.63) is 47.0 Å². The van der Waals surface area contributed by atoms with Crippen molar-refractivity contribution in [3.63, 3.8) is 0 Å². The van der Waals surface area contributed by atoms with E-state index in [1.165, 1.54) is 17.0 Å². The molecule has 27 heavy (non-hydrogen) atoms. The first-order valence-electron chi connectivity index (χ1n) is 10.2. The molecule has 2 N–H and O–H groups in total. The van der Waals surface area contributed by atoms with E-state index < -0.39 is 0 Å². The van der Waals surface area contributed by atoms with Crippen molar-refractivity contribution in [2.45, 2.75) is 51.7 Å². The van der Waals surface area contributed by atoms with E-state index in [1.54, 1.807) is 0 Å². The number of piperidine rings is 1. The van der Waals surface area contributed by atoms with Crippen LogP contribution in [0, 0.1) is 0 Å². The number of nitrogens with two attached hydrogens (primary N) is 1. The second-order valence-corrected chi connectivity index (χ2v) is 7.87. The first kappa shape index (κ1) is 20.0. The largest absolute Gasteiger partial charge is 0.330 e. The predicted octanol–water partition coefficient (Wildman–Crippen LogP) is 2.24. The van der Waals surface area contributed by atoms with Gasteiger partial charge in [-0.1, -0.05) is 24.3 Å². The normalized spacial score (nSPS) is 16.3. The summed E-state index contributed by atoms with van der Waals surface area (Å²) in [6.07, 6.45) is 3.27. The number of hydrogen-bond acceptors (Lipinski definition) is 5. The smallest absolute Gasteiger partial charge is 0.147 e. The molecule has 0 amide bonds. The van der Waals surface area contributed by atoms with Gasteiger partial charge in [0.05, 0.1) is 6.54 Å². The Bertz CT molecular complexity index is 715. The summed E-state index contributed by atoms with van der Waals surface area (Å²) >= 11 is 0. The third kappa shape index (κ3) is 5.15.